The number of nitrogens with one attached hydrogen (secondary N) is 1. The molecule has 0 saturated carbocycles. The Labute approximate surface area is 123 Å². The molecule has 3 N–H and O–H groups in total. The van der Waals surface area contributed by atoms with Crippen LogP contribution in [-0.4, -0.2) is 68.6 Å². The lowest BCUT2D eigenvalue weighted by Gasteiger charge is -2.32. The zero-order valence-corrected chi connectivity index (χ0v) is 13.4. The van der Waals surface area contributed by atoms with Gasteiger partial charge in [-0.3, -0.25) is 4.79 Å². The average Bonchev–Trinajstić information content (AvgIpc) is 2.43. The SMILES string of the molecule is CCCC(N)C(=O)NCC1CCN(CCN(C)C)CC1. The van der Waals surface area contributed by atoms with Crippen LogP contribution in [0.1, 0.15) is 32.6 Å². The lowest BCUT2D eigenvalue weighted by Crippen LogP contribution is -2.45. The van der Waals surface area contributed by atoms with E-state index in [1.54, 1.807) is 0 Å². The fourth-order valence-corrected chi connectivity index (χ4v) is 2.57. The van der Waals surface area contributed by atoms with Gasteiger partial charge in [0.15, 0.2) is 0 Å². The van der Waals surface area contributed by atoms with Crippen molar-refractivity contribution in [1.29, 1.82) is 0 Å². The fourth-order valence-electron chi connectivity index (χ4n) is 2.57. The molecule has 20 heavy (non-hydrogen) atoms. The number of nitrogens with zero attached hydrogens (tertiary/aromatic N) is 2. The fraction of sp³-hybridized carbons (Fsp3) is 0.933. The minimum Gasteiger partial charge on any atom is -0.354 e. The maximum absolute atomic E-state index is 11.8. The van der Waals surface area contributed by atoms with Gasteiger partial charge in [0, 0.05) is 19.6 Å². The summed E-state index contributed by atoms with van der Waals surface area (Å²) in [5.41, 5.74) is 5.81. The van der Waals surface area contributed by atoms with E-state index in [-0.39, 0.29) is 11.9 Å². The number of amides is 1. The van der Waals surface area contributed by atoms with E-state index in [4.69, 9.17) is 5.73 Å². The number of nitrogens with two attached hydrogens (primary N) is 1. The van der Waals surface area contributed by atoms with E-state index in [1.807, 2.05) is 0 Å². The van der Waals surface area contributed by atoms with E-state index in [9.17, 15) is 4.79 Å². The summed E-state index contributed by atoms with van der Waals surface area (Å²) in [5.74, 6) is 0.630. The van der Waals surface area contributed by atoms with Crippen molar-refractivity contribution in [1.82, 2.24) is 15.1 Å². The van der Waals surface area contributed by atoms with E-state index in [0.29, 0.717) is 5.92 Å². The number of hydrogen-bond donors (Lipinski definition) is 2. The van der Waals surface area contributed by atoms with Crippen molar-refractivity contribution in [3.8, 4) is 0 Å². The zero-order valence-electron chi connectivity index (χ0n) is 13.4. The Morgan fingerprint density at radius 2 is 2.05 bits per heavy atom. The quantitative estimate of drug-likeness (QED) is 0.681. The normalized spacial score (nSPS) is 19.2. The summed E-state index contributed by atoms with van der Waals surface area (Å²) in [6.07, 6.45) is 4.08. The highest BCUT2D eigenvalue weighted by Crippen LogP contribution is 2.16. The van der Waals surface area contributed by atoms with Crippen LogP contribution in [0.5, 0.6) is 0 Å². The highest BCUT2D eigenvalue weighted by molar-refractivity contribution is 5.81. The molecule has 1 atom stereocenters. The molecular weight excluding hydrogens is 252 g/mol. The second-order valence-corrected chi connectivity index (χ2v) is 6.23. The first-order valence-corrected chi connectivity index (χ1v) is 7.93. The molecule has 0 aromatic rings. The molecule has 1 saturated heterocycles. The van der Waals surface area contributed by atoms with Crippen LogP contribution in [0.15, 0.2) is 0 Å². The molecule has 1 fully saturated rings. The van der Waals surface area contributed by atoms with Crippen molar-refractivity contribution in [2.75, 3.05) is 46.8 Å². The summed E-state index contributed by atoms with van der Waals surface area (Å²) in [6, 6.07) is -0.333. The van der Waals surface area contributed by atoms with Gasteiger partial charge in [-0.1, -0.05) is 13.3 Å². The summed E-state index contributed by atoms with van der Waals surface area (Å²) < 4.78 is 0. The highest BCUT2D eigenvalue weighted by Gasteiger charge is 2.20. The first kappa shape index (κ1) is 17.4. The molecule has 1 aliphatic heterocycles. The van der Waals surface area contributed by atoms with Crippen molar-refractivity contribution >= 4 is 5.91 Å². The number of likely N-dealkylation sites (tertiary alicyclic amines) is 1. The zero-order chi connectivity index (χ0) is 15.0. The monoisotopic (exact) mass is 284 g/mol. The van der Waals surface area contributed by atoms with E-state index in [2.05, 4.69) is 36.1 Å². The molecule has 1 aliphatic rings. The van der Waals surface area contributed by atoms with Crippen LogP contribution in [0.25, 0.3) is 0 Å². The third-order valence-corrected chi connectivity index (χ3v) is 4.07. The molecule has 5 nitrogen and oxygen atoms in total. The van der Waals surface area contributed by atoms with Crippen LogP contribution < -0.4 is 11.1 Å². The third kappa shape index (κ3) is 6.68. The van der Waals surface area contributed by atoms with E-state index in [1.165, 1.54) is 12.8 Å². The maximum Gasteiger partial charge on any atom is 0.236 e. The van der Waals surface area contributed by atoms with Crippen molar-refractivity contribution in [2.45, 2.75) is 38.6 Å². The molecule has 0 aliphatic carbocycles. The Morgan fingerprint density at radius 1 is 1.40 bits per heavy atom. The van der Waals surface area contributed by atoms with Gasteiger partial charge in [0.1, 0.15) is 0 Å². The number of likely N-dealkylation sites (N-methyl/N-ethyl adjacent to an activating group) is 1. The van der Waals surface area contributed by atoms with Gasteiger partial charge < -0.3 is 20.9 Å². The van der Waals surface area contributed by atoms with Gasteiger partial charge in [-0.25, -0.2) is 0 Å². The second kappa shape index (κ2) is 9.32. The van der Waals surface area contributed by atoms with Crippen molar-refractivity contribution in [3.05, 3.63) is 0 Å². The van der Waals surface area contributed by atoms with Crippen LogP contribution in [0.4, 0.5) is 0 Å². The molecule has 1 unspecified atom stereocenters. The lowest BCUT2D eigenvalue weighted by atomic mass is 9.96. The summed E-state index contributed by atoms with van der Waals surface area (Å²) in [6.45, 7) is 7.40. The van der Waals surface area contributed by atoms with Gasteiger partial charge in [-0.05, 0) is 52.4 Å². The first-order valence-electron chi connectivity index (χ1n) is 7.93. The molecule has 0 aromatic heterocycles. The summed E-state index contributed by atoms with van der Waals surface area (Å²) >= 11 is 0. The predicted molar refractivity (Wildman–Crippen MR) is 83.6 cm³/mol. The Hall–Kier alpha value is -0.650. The van der Waals surface area contributed by atoms with Crippen molar-refractivity contribution in [2.24, 2.45) is 11.7 Å². The van der Waals surface area contributed by atoms with E-state index in [0.717, 1.165) is 45.6 Å². The minimum atomic E-state index is -0.333. The minimum absolute atomic E-state index is 0.0156. The molecular formula is C15H32N4O. The van der Waals surface area contributed by atoms with E-state index >= 15 is 0 Å². The Bertz CT molecular complexity index is 275. The summed E-state index contributed by atoms with van der Waals surface area (Å²) in [4.78, 5) is 16.5. The van der Waals surface area contributed by atoms with Crippen LogP contribution in [0.3, 0.4) is 0 Å². The van der Waals surface area contributed by atoms with Gasteiger partial charge in [-0.2, -0.15) is 0 Å². The molecule has 0 bridgehead atoms. The van der Waals surface area contributed by atoms with Crippen molar-refractivity contribution in [3.63, 3.8) is 0 Å². The predicted octanol–water partition coefficient (Wildman–Crippen LogP) is 0.504. The topological polar surface area (TPSA) is 61.6 Å². The van der Waals surface area contributed by atoms with Gasteiger partial charge in [0.2, 0.25) is 5.91 Å². The smallest absolute Gasteiger partial charge is 0.236 e. The van der Waals surface area contributed by atoms with Gasteiger partial charge in [0.05, 0.1) is 6.04 Å². The van der Waals surface area contributed by atoms with Crippen LogP contribution >= 0.6 is 0 Å². The summed E-state index contributed by atoms with van der Waals surface area (Å²) in [7, 11) is 4.23. The standard InChI is InChI=1S/C15H32N4O/c1-4-5-14(16)15(20)17-12-13-6-8-19(9-7-13)11-10-18(2)3/h13-14H,4-12,16H2,1-3H3,(H,17,20). The summed E-state index contributed by atoms with van der Waals surface area (Å²) in [5, 5.41) is 3.01. The molecule has 1 amide bonds. The molecule has 0 spiro atoms. The molecule has 5 heteroatoms. The maximum atomic E-state index is 11.8. The van der Waals surface area contributed by atoms with Crippen LogP contribution in [-0.2, 0) is 4.79 Å². The molecule has 0 aromatic carbocycles. The number of carbonyl (C=O) groups is 1. The molecule has 1 rings (SSSR count). The van der Waals surface area contributed by atoms with Crippen molar-refractivity contribution < 1.29 is 4.79 Å². The molecule has 1 heterocycles. The Balaban J connectivity index is 2.14. The number of carbonyl (C=O) groups excluding carboxylic acids is 1. The second-order valence-electron chi connectivity index (χ2n) is 6.23. The molecule has 0 radical (unpaired) electrons. The van der Waals surface area contributed by atoms with Gasteiger partial charge in [-0.15, -0.1) is 0 Å². The molecule has 118 valence electrons. The number of piperidine rings is 1. The first-order chi connectivity index (χ1) is 9.52. The van der Waals surface area contributed by atoms with Crippen LogP contribution in [0, 0.1) is 5.92 Å². The van der Waals surface area contributed by atoms with E-state index < -0.39 is 0 Å². The van der Waals surface area contributed by atoms with Gasteiger partial charge in [0.25, 0.3) is 0 Å². The average molecular weight is 284 g/mol. The highest BCUT2D eigenvalue weighted by atomic mass is 16.2. The third-order valence-electron chi connectivity index (χ3n) is 4.07. The lowest BCUT2D eigenvalue weighted by molar-refractivity contribution is -0.122. The Kier molecular flexibility index (Phi) is 8.11. The number of hydrogen-bond acceptors (Lipinski definition) is 4. The number of rotatable bonds is 8. The Morgan fingerprint density at radius 3 is 2.60 bits per heavy atom. The largest absolute Gasteiger partial charge is 0.354 e. The van der Waals surface area contributed by atoms with Crippen LogP contribution in [0.2, 0.25) is 0 Å². The van der Waals surface area contributed by atoms with Gasteiger partial charge >= 0.3 is 0 Å².